The van der Waals surface area contributed by atoms with Crippen LogP contribution in [-0.2, 0) is 13.6 Å². The Morgan fingerprint density at radius 2 is 1.76 bits per heavy atom. The molecule has 0 aliphatic rings. The molecule has 3 aromatic rings. The van der Waals surface area contributed by atoms with Crippen molar-refractivity contribution in [1.82, 2.24) is 9.88 Å². The number of rotatable bonds is 6. The minimum atomic E-state index is -0.399. The Morgan fingerprint density at radius 1 is 1.08 bits per heavy atom. The van der Waals surface area contributed by atoms with Gasteiger partial charge in [0.05, 0.1) is 0 Å². The average Bonchev–Trinajstić information content (AvgIpc) is 2.90. The second-order valence-electron chi connectivity index (χ2n) is 6.93. The molecule has 0 unspecified atom stereocenters. The quantitative estimate of drug-likeness (QED) is 0.722. The van der Waals surface area contributed by atoms with Crippen LogP contribution in [0.3, 0.4) is 0 Å². The predicted molar refractivity (Wildman–Crippen MR) is 103 cm³/mol. The molecule has 1 amide bonds. The van der Waals surface area contributed by atoms with Crippen molar-refractivity contribution < 1.29 is 4.79 Å². The Bertz CT molecular complexity index is 891. The van der Waals surface area contributed by atoms with Gasteiger partial charge in [-0.1, -0.05) is 32.0 Å². The normalized spacial score (nSPS) is 11.4. The fraction of sp³-hybridized carbons (Fsp3) is 0.286. The fourth-order valence-electron chi connectivity index (χ4n) is 3.07. The summed E-state index contributed by atoms with van der Waals surface area (Å²) in [6.45, 7) is 6.31. The van der Waals surface area contributed by atoms with Crippen molar-refractivity contribution in [2.45, 2.75) is 20.4 Å². The standard InChI is InChI=1S/C21H25N3O/c1-14(2)12-23-13-19-11-18-10-17(8-9-20(18)24(19)3)15-4-6-16(7-5-15)21(22)25/h4-11,14,23H,12-13H2,1-3H3,(H2,22,25). The van der Waals surface area contributed by atoms with E-state index >= 15 is 0 Å². The Kier molecular flexibility index (Phi) is 4.91. The minimum absolute atomic E-state index is 0.399. The molecule has 0 fully saturated rings. The van der Waals surface area contributed by atoms with Gasteiger partial charge in [0, 0.05) is 35.8 Å². The van der Waals surface area contributed by atoms with E-state index in [9.17, 15) is 4.79 Å². The molecule has 2 aromatic carbocycles. The molecular weight excluding hydrogens is 310 g/mol. The van der Waals surface area contributed by atoms with Gasteiger partial charge in [-0.3, -0.25) is 4.79 Å². The first-order valence-corrected chi connectivity index (χ1v) is 8.65. The third kappa shape index (κ3) is 3.74. The molecule has 4 nitrogen and oxygen atoms in total. The number of carbonyl (C=O) groups excluding carboxylic acids is 1. The van der Waals surface area contributed by atoms with Crippen molar-refractivity contribution in [3.05, 3.63) is 59.8 Å². The maximum atomic E-state index is 11.2. The van der Waals surface area contributed by atoms with Gasteiger partial charge in [0.25, 0.3) is 0 Å². The number of fused-ring (bicyclic) bond motifs is 1. The van der Waals surface area contributed by atoms with E-state index < -0.39 is 5.91 Å². The zero-order chi connectivity index (χ0) is 18.0. The number of amides is 1. The summed E-state index contributed by atoms with van der Waals surface area (Å²) in [4.78, 5) is 11.2. The van der Waals surface area contributed by atoms with Crippen LogP contribution in [-0.4, -0.2) is 17.0 Å². The van der Waals surface area contributed by atoms with Gasteiger partial charge in [0.1, 0.15) is 0 Å². The first-order chi connectivity index (χ1) is 12.0. The third-order valence-electron chi connectivity index (χ3n) is 4.50. The van der Waals surface area contributed by atoms with Crippen molar-refractivity contribution >= 4 is 16.8 Å². The monoisotopic (exact) mass is 335 g/mol. The van der Waals surface area contributed by atoms with Crippen LogP contribution in [0.15, 0.2) is 48.5 Å². The summed E-state index contributed by atoms with van der Waals surface area (Å²) in [5, 5.41) is 4.72. The van der Waals surface area contributed by atoms with Crippen molar-refractivity contribution in [1.29, 1.82) is 0 Å². The Labute approximate surface area is 148 Å². The van der Waals surface area contributed by atoms with Crippen molar-refractivity contribution in [2.75, 3.05) is 6.54 Å². The maximum Gasteiger partial charge on any atom is 0.248 e. The molecule has 0 saturated carbocycles. The highest BCUT2D eigenvalue weighted by molar-refractivity contribution is 5.93. The molecule has 0 aliphatic carbocycles. The second-order valence-corrected chi connectivity index (χ2v) is 6.93. The summed E-state index contributed by atoms with van der Waals surface area (Å²) in [5.41, 5.74) is 10.5. The molecule has 130 valence electrons. The van der Waals surface area contributed by atoms with Gasteiger partial charge in [0.2, 0.25) is 5.91 Å². The van der Waals surface area contributed by atoms with E-state index in [4.69, 9.17) is 5.73 Å². The summed E-state index contributed by atoms with van der Waals surface area (Å²) < 4.78 is 2.24. The second kappa shape index (κ2) is 7.11. The number of aromatic nitrogens is 1. The van der Waals surface area contributed by atoms with Crippen LogP contribution in [0, 0.1) is 5.92 Å². The molecule has 25 heavy (non-hydrogen) atoms. The third-order valence-corrected chi connectivity index (χ3v) is 4.50. The van der Waals surface area contributed by atoms with Crippen molar-refractivity contribution in [3.63, 3.8) is 0 Å². The number of hydrogen-bond acceptors (Lipinski definition) is 2. The van der Waals surface area contributed by atoms with E-state index in [-0.39, 0.29) is 0 Å². The lowest BCUT2D eigenvalue weighted by molar-refractivity contribution is 0.100. The zero-order valence-corrected chi connectivity index (χ0v) is 15.0. The number of nitrogens with one attached hydrogen (secondary N) is 1. The highest BCUT2D eigenvalue weighted by Crippen LogP contribution is 2.26. The van der Waals surface area contributed by atoms with E-state index in [0.29, 0.717) is 11.5 Å². The van der Waals surface area contributed by atoms with Gasteiger partial charge in [-0.15, -0.1) is 0 Å². The van der Waals surface area contributed by atoms with Crippen LogP contribution in [0.4, 0.5) is 0 Å². The van der Waals surface area contributed by atoms with Crippen molar-refractivity contribution in [3.8, 4) is 11.1 Å². The van der Waals surface area contributed by atoms with E-state index in [1.165, 1.54) is 16.6 Å². The molecule has 0 atom stereocenters. The van der Waals surface area contributed by atoms with Gasteiger partial charge in [-0.2, -0.15) is 0 Å². The van der Waals surface area contributed by atoms with Crippen LogP contribution in [0.1, 0.15) is 29.9 Å². The summed E-state index contributed by atoms with van der Waals surface area (Å²) >= 11 is 0. The molecule has 4 heteroatoms. The summed E-state index contributed by atoms with van der Waals surface area (Å²) in [6.07, 6.45) is 0. The van der Waals surface area contributed by atoms with Gasteiger partial charge >= 0.3 is 0 Å². The van der Waals surface area contributed by atoms with Crippen LogP contribution < -0.4 is 11.1 Å². The highest BCUT2D eigenvalue weighted by atomic mass is 16.1. The first-order valence-electron chi connectivity index (χ1n) is 8.65. The van der Waals surface area contributed by atoms with Crippen molar-refractivity contribution in [2.24, 2.45) is 18.7 Å². The lowest BCUT2D eigenvalue weighted by Crippen LogP contribution is -2.20. The lowest BCUT2D eigenvalue weighted by Gasteiger charge is -2.08. The Morgan fingerprint density at radius 3 is 2.40 bits per heavy atom. The number of benzene rings is 2. The van der Waals surface area contributed by atoms with Crippen LogP contribution in [0.25, 0.3) is 22.0 Å². The molecule has 0 bridgehead atoms. The SMILES string of the molecule is CC(C)CNCc1cc2cc(-c3ccc(C(N)=O)cc3)ccc2n1C. The number of hydrogen-bond donors (Lipinski definition) is 2. The molecule has 3 rings (SSSR count). The smallest absolute Gasteiger partial charge is 0.248 e. The van der Waals surface area contributed by atoms with Gasteiger partial charge in [-0.25, -0.2) is 0 Å². The van der Waals surface area contributed by atoms with E-state index in [1.54, 1.807) is 12.1 Å². The largest absolute Gasteiger partial charge is 0.366 e. The lowest BCUT2D eigenvalue weighted by atomic mass is 10.0. The highest BCUT2D eigenvalue weighted by Gasteiger charge is 2.08. The van der Waals surface area contributed by atoms with E-state index in [0.717, 1.165) is 24.2 Å². The summed E-state index contributed by atoms with van der Waals surface area (Å²) in [7, 11) is 2.11. The summed E-state index contributed by atoms with van der Waals surface area (Å²) in [6, 6.07) is 16.1. The number of aryl methyl sites for hydroxylation is 1. The molecule has 3 N–H and O–H groups in total. The Hall–Kier alpha value is -2.59. The van der Waals surface area contributed by atoms with E-state index in [1.807, 2.05) is 12.1 Å². The molecule has 1 heterocycles. The van der Waals surface area contributed by atoms with Crippen LogP contribution in [0.2, 0.25) is 0 Å². The molecule has 0 radical (unpaired) electrons. The van der Waals surface area contributed by atoms with Gasteiger partial charge < -0.3 is 15.6 Å². The minimum Gasteiger partial charge on any atom is -0.366 e. The molecule has 0 saturated heterocycles. The van der Waals surface area contributed by atoms with Gasteiger partial charge in [0.15, 0.2) is 0 Å². The first kappa shape index (κ1) is 17.2. The maximum absolute atomic E-state index is 11.2. The molecular formula is C21H25N3O. The number of nitrogens with zero attached hydrogens (tertiary/aromatic N) is 1. The topological polar surface area (TPSA) is 60.0 Å². The summed E-state index contributed by atoms with van der Waals surface area (Å²) in [5.74, 6) is 0.244. The van der Waals surface area contributed by atoms with Crippen LogP contribution in [0.5, 0.6) is 0 Å². The molecule has 0 aliphatic heterocycles. The number of carbonyl (C=O) groups is 1. The predicted octanol–water partition coefficient (Wildman–Crippen LogP) is 3.69. The molecule has 0 spiro atoms. The molecule has 1 aromatic heterocycles. The average molecular weight is 335 g/mol. The van der Waals surface area contributed by atoms with Crippen LogP contribution >= 0.6 is 0 Å². The number of nitrogens with two attached hydrogens (primary N) is 1. The Balaban J connectivity index is 1.88. The zero-order valence-electron chi connectivity index (χ0n) is 15.0. The van der Waals surface area contributed by atoms with Gasteiger partial charge in [-0.05, 0) is 53.9 Å². The number of primary amides is 1. The fourth-order valence-corrected chi connectivity index (χ4v) is 3.07. The van der Waals surface area contributed by atoms with E-state index in [2.05, 4.69) is 55.0 Å².